The molecule has 1 heterocycles. The Labute approximate surface area is 168 Å². The first-order valence-corrected chi connectivity index (χ1v) is 9.41. The second-order valence-electron chi connectivity index (χ2n) is 6.99. The molecule has 1 saturated heterocycles. The molecule has 0 aliphatic carbocycles. The molecule has 2 aromatic carbocycles. The quantitative estimate of drug-likeness (QED) is 0.493. The normalized spacial score (nSPS) is 15.6. The van der Waals surface area contributed by atoms with E-state index in [1.54, 1.807) is 12.1 Å². The first-order chi connectivity index (χ1) is 13.9. The van der Waals surface area contributed by atoms with E-state index >= 15 is 0 Å². The van der Waals surface area contributed by atoms with Gasteiger partial charge < -0.3 is 25.0 Å². The number of nitro groups is 1. The summed E-state index contributed by atoms with van der Waals surface area (Å²) < 4.78 is 5.18. The van der Waals surface area contributed by atoms with E-state index in [2.05, 4.69) is 10.2 Å². The highest BCUT2D eigenvalue weighted by atomic mass is 16.6. The Morgan fingerprint density at radius 2 is 1.97 bits per heavy atom. The molecule has 0 bridgehead atoms. The van der Waals surface area contributed by atoms with Crippen molar-refractivity contribution in [2.45, 2.75) is 13.0 Å². The van der Waals surface area contributed by atoms with E-state index in [4.69, 9.17) is 4.74 Å². The molecule has 0 spiro atoms. The van der Waals surface area contributed by atoms with E-state index in [-0.39, 0.29) is 29.1 Å². The Balaban J connectivity index is 1.61. The fraction of sp³-hybridized carbons (Fsp3) is 0.350. The predicted molar refractivity (Wildman–Crippen MR) is 109 cm³/mol. The van der Waals surface area contributed by atoms with Crippen molar-refractivity contribution in [2.24, 2.45) is 0 Å². The lowest BCUT2D eigenvalue weighted by Gasteiger charge is -2.36. The molecule has 3 rings (SSSR count). The highest BCUT2D eigenvalue weighted by Crippen LogP contribution is 2.29. The number of non-ortho nitro benzene ring substituents is 1. The van der Waals surface area contributed by atoms with Crippen LogP contribution in [0.5, 0.6) is 11.5 Å². The lowest BCUT2D eigenvalue weighted by Crippen LogP contribution is -3.19. The molecule has 1 aliphatic heterocycles. The molecule has 1 aliphatic rings. The number of phenols is 1. The standard InChI is InChI=1S/C20H24N4O5/c1-14(20(26)21-16-8-7-15(24(27)28)13-19(16)29-2)22-9-11-23(12-10-22)17-5-3-4-6-18(17)25/h3-8,13-14,25H,9-12H2,1-2H3,(H,21,26)/p+1/t14-/m0/s1. The van der Waals surface area contributed by atoms with E-state index in [0.717, 1.165) is 36.8 Å². The van der Waals surface area contributed by atoms with Crippen LogP contribution >= 0.6 is 0 Å². The summed E-state index contributed by atoms with van der Waals surface area (Å²) in [5.41, 5.74) is 1.11. The Bertz CT molecular complexity index is 896. The van der Waals surface area contributed by atoms with Crippen molar-refractivity contribution in [2.75, 3.05) is 43.5 Å². The second kappa shape index (κ2) is 8.78. The molecule has 0 radical (unpaired) electrons. The molecular weight excluding hydrogens is 376 g/mol. The monoisotopic (exact) mass is 401 g/mol. The second-order valence-corrected chi connectivity index (χ2v) is 6.99. The third-order valence-electron chi connectivity index (χ3n) is 5.29. The summed E-state index contributed by atoms with van der Waals surface area (Å²) in [6.45, 7) is 4.82. The van der Waals surface area contributed by atoms with Gasteiger partial charge in [-0.2, -0.15) is 0 Å². The number of methoxy groups -OCH3 is 1. The zero-order chi connectivity index (χ0) is 21.0. The number of ether oxygens (including phenoxy) is 1. The highest BCUT2D eigenvalue weighted by Gasteiger charge is 2.30. The van der Waals surface area contributed by atoms with Crippen LogP contribution in [0.4, 0.5) is 17.1 Å². The minimum atomic E-state index is -0.509. The van der Waals surface area contributed by atoms with Gasteiger partial charge in [-0.25, -0.2) is 0 Å². The summed E-state index contributed by atoms with van der Waals surface area (Å²) in [6, 6.07) is 11.0. The number of amides is 1. The average Bonchev–Trinajstić information content (AvgIpc) is 2.73. The fourth-order valence-electron chi connectivity index (χ4n) is 3.52. The van der Waals surface area contributed by atoms with E-state index < -0.39 is 4.92 Å². The predicted octanol–water partition coefficient (Wildman–Crippen LogP) is 1.04. The van der Waals surface area contributed by atoms with Crippen LogP contribution in [0, 0.1) is 10.1 Å². The van der Waals surface area contributed by atoms with Crippen molar-refractivity contribution < 1.29 is 24.5 Å². The van der Waals surface area contributed by atoms with Crippen LogP contribution < -0.4 is 19.9 Å². The molecule has 29 heavy (non-hydrogen) atoms. The van der Waals surface area contributed by atoms with Gasteiger partial charge in [0.25, 0.3) is 11.6 Å². The number of benzene rings is 2. The summed E-state index contributed by atoms with van der Waals surface area (Å²) in [5.74, 6) is 0.328. The number of hydrogen-bond donors (Lipinski definition) is 3. The van der Waals surface area contributed by atoms with Crippen molar-refractivity contribution in [3.8, 4) is 11.5 Å². The Hall–Kier alpha value is -3.33. The molecule has 9 heteroatoms. The topological polar surface area (TPSA) is 109 Å². The third kappa shape index (κ3) is 4.57. The van der Waals surface area contributed by atoms with Gasteiger partial charge in [-0.15, -0.1) is 0 Å². The van der Waals surface area contributed by atoms with Crippen LogP contribution in [0.3, 0.4) is 0 Å². The summed E-state index contributed by atoms with van der Waals surface area (Å²) in [7, 11) is 1.40. The number of hydrogen-bond acceptors (Lipinski definition) is 6. The number of anilines is 2. The van der Waals surface area contributed by atoms with E-state index in [1.807, 2.05) is 19.1 Å². The molecule has 154 valence electrons. The van der Waals surface area contributed by atoms with Crippen molar-refractivity contribution in [3.05, 3.63) is 52.6 Å². The number of para-hydroxylation sites is 2. The Morgan fingerprint density at radius 3 is 2.59 bits per heavy atom. The van der Waals surface area contributed by atoms with Gasteiger partial charge in [0.05, 0.1) is 55.7 Å². The van der Waals surface area contributed by atoms with Crippen LogP contribution in [-0.2, 0) is 4.79 Å². The summed E-state index contributed by atoms with van der Waals surface area (Å²) >= 11 is 0. The number of nitro benzene ring substituents is 1. The van der Waals surface area contributed by atoms with Crippen LogP contribution in [0.15, 0.2) is 42.5 Å². The van der Waals surface area contributed by atoms with Crippen LogP contribution in [-0.4, -0.2) is 55.3 Å². The first kappa shape index (κ1) is 20.4. The maximum absolute atomic E-state index is 12.7. The number of carbonyl (C=O) groups excluding carboxylic acids is 1. The molecule has 2 aromatic rings. The Kier molecular flexibility index (Phi) is 6.18. The third-order valence-corrected chi connectivity index (χ3v) is 5.29. The SMILES string of the molecule is COc1cc([N+](=O)[O-])ccc1NC(=O)[C@H](C)[NH+]1CCN(c2ccccc2O)CC1. The van der Waals surface area contributed by atoms with Gasteiger partial charge in [-0.3, -0.25) is 14.9 Å². The highest BCUT2D eigenvalue weighted by molar-refractivity contribution is 5.95. The van der Waals surface area contributed by atoms with Crippen molar-refractivity contribution in [1.29, 1.82) is 0 Å². The molecule has 1 fully saturated rings. The number of rotatable bonds is 6. The maximum Gasteiger partial charge on any atom is 0.282 e. The van der Waals surface area contributed by atoms with Crippen molar-refractivity contribution in [1.82, 2.24) is 0 Å². The van der Waals surface area contributed by atoms with Gasteiger partial charge in [0.1, 0.15) is 11.5 Å². The molecule has 1 atom stereocenters. The van der Waals surface area contributed by atoms with E-state index in [9.17, 15) is 20.0 Å². The van der Waals surface area contributed by atoms with Crippen LogP contribution in [0.25, 0.3) is 0 Å². The van der Waals surface area contributed by atoms with Crippen LogP contribution in [0.2, 0.25) is 0 Å². The summed E-state index contributed by atoms with van der Waals surface area (Å²) in [6.07, 6.45) is 0. The zero-order valence-electron chi connectivity index (χ0n) is 16.4. The molecule has 0 saturated carbocycles. The molecule has 0 unspecified atom stereocenters. The minimum absolute atomic E-state index is 0.0983. The first-order valence-electron chi connectivity index (χ1n) is 9.41. The number of nitrogens with one attached hydrogen (secondary N) is 2. The molecule has 9 nitrogen and oxygen atoms in total. The number of aromatic hydroxyl groups is 1. The number of piperazine rings is 1. The fourth-order valence-corrected chi connectivity index (χ4v) is 3.52. The van der Waals surface area contributed by atoms with E-state index in [1.165, 1.54) is 25.3 Å². The minimum Gasteiger partial charge on any atom is -0.506 e. The largest absolute Gasteiger partial charge is 0.506 e. The van der Waals surface area contributed by atoms with Crippen molar-refractivity contribution in [3.63, 3.8) is 0 Å². The number of carbonyl (C=O) groups is 1. The molecule has 0 aromatic heterocycles. The van der Waals surface area contributed by atoms with Gasteiger partial charge >= 0.3 is 0 Å². The lowest BCUT2D eigenvalue weighted by molar-refractivity contribution is -0.914. The maximum atomic E-state index is 12.7. The van der Waals surface area contributed by atoms with Crippen molar-refractivity contribution >= 4 is 23.0 Å². The smallest absolute Gasteiger partial charge is 0.282 e. The number of quaternary nitrogens is 1. The molecule has 1 amide bonds. The lowest BCUT2D eigenvalue weighted by atomic mass is 10.1. The van der Waals surface area contributed by atoms with Crippen LogP contribution in [0.1, 0.15) is 6.92 Å². The summed E-state index contributed by atoms with van der Waals surface area (Å²) in [4.78, 5) is 26.4. The summed E-state index contributed by atoms with van der Waals surface area (Å²) in [5, 5.41) is 23.7. The van der Waals surface area contributed by atoms with Gasteiger partial charge in [0, 0.05) is 6.07 Å². The zero-order valence-corrected chi connectivity index (χ0v) is 16.4. The van der Waals surface area contributed by atoms with Gasteiger partial charge in [0.2, 0.25) is 0 Å². The average molecular weight is 401 g/mol. The Morgan fingerprint density at radius 1 is 1.28 bits per heavy atom. The van der Waals surface area contributed by atoms with Gasteiger partial charge in [0.15, 0.2) is 6.04 Å². The molecule has 3 N–H and O–H groups in total. The number of phenolic OH excluding ortho intramolecular Hbond substituents is 1. The van der Waals surface area contributed by atoms with Gasteiger partial charge in [-0.05, 0) is 25.1 Å². The molecular formula is C20H25N4O5+. The van der Waals surface area contributed by atoms with E-state index in [0.29, 0.717) is 5.69 Å². The van der Waals surface area contributed by atoms with Gasteiger partial charge in [-0.1, -0.05) is 12.1 Å². The number of nitrogens with zero attached hydrogens (tertiary/aromatic N) is 2.